The van der Waals surface area contributed by atoms with E-state index in [1.165, 1.54) is 42.7 Å². The lowest BCUT2D eigenvalue weighted by atomic mass is 9.98. The maximum atomic E-state index is 14.0. The molecule has 1 heterocycles. The van der Waals surface area contributed by atoms with Crippen molar-refractivity contribution in [2.45, 2.75) is 32.1 Å². The molecule has 0 aliphatic heterocycles. The van der Waals surface area contributed by atoms with Crippen molar-refractivity contribution >= 4 is 16.7 Å². The SMILES string of the molecule is CCc1ccc2c(C3CC3)cc(Oc3ccc(-c4cn[nH]c4F)cc3C(=O)OC)cc2c1. The van der Waals surface area contributed by atoms with E-state index in [4.69, 9.17) is 9.47 Å². The van der Waals surface area contributed by atoms with Gasteiger partial charge in [0.2, 0.25) is 5.95 Å². The topological polar surface area (TPSA) is 64.2 Å². The second-order valence-electron chi connectivity index (χ2n) is 8.10. The van der Waals surface area contributed by atoms with Crippen LogP contribution in [0.1, 0.15) is 47.2 Å². The van der Waals surface area contributed by atoms with Gasteiger partial charge in [-0.15, -0.1) is 0 Å². The molecule has 0 spiro atoms. The average molecular weight is 430 g/mol. The van der Waals surface area contributed by atoms with E-state index in [1.807, 2.05) is 6.07 Å². The Hall–Kier alpha value is -3.67. The Morgan fingerprint density at radius 2 is 2.00 bits per heavy atom. The molecule has 4 aromatic rings. The minimum Gasteiger partial charge on any atom is -0.465 e. The summed E-state index contributed by atoms with van der Waals surface area (Å²) >= 11 is 0. The highest BCUT2D eigenvalue weighted by atomic mass is 19.1. The fourth-order valence-corrected chi connectivity index (χ4v) is 4.09. The number of esters is 1. The largest absolute Gasteiger partial charge is 0.465 e. The molecule has 1 aliphatic rings. The second-order valence-corrected chi connectivity index (χ2v) is 8.10. The summed E-state index contributed by atoms with van der Waals surface area (Å²) in [6.07, 6.45) is 4.68. The number of nitrogens with one attached hydrogen (secondary N) is 1. The molecule has 1 fully saturated rings. The summed E-state index contributed by atoms with van der Waals surface area (Å²) in [7, 11) is 1.31. The van der Waals surface area contributed by atoms with E-state index in [2.05, 4.69) is 41.4 Å². The number of benzene rings is 3. The molecule has 5 nitrogen and oxygen atoms in total. The molecular weight excluding hydrogens is 407 g/mol. The highest BCUT2D eigenvalue weighted by molar-refractivity contribution is 5.94. The summed E-state index contributed by atoms with van der Waals surface area (Å²) < 4.78 is 25.1. The van der Waals surface area contributed by atoms with Gasteiger partial charge >= 0.3 is 5.97 Å². The number of carbonyl (C=O) groups excluding carboxylic acids is 1. The van der Waals surface area contributed by atoms with E-state index in [-0.39, 0.29) is 11.1 Å². The molecule has 0 atom stereocenters. The molecule has 32 heavy (non-hydrogen) atoms. The summed E-state index contributed by atoms with van der Waals surface area (Å²) in [6.45, 7) is 2.14. The molecule has 0 saturated heterocycles. The van der Waals surface area contributed by atoms with Crippen LogP contribution in [0.5, 0.6) is 11.5 Å². The summed E-state index contributed by atoms with van der Waals surface area (Å²) in [5, 5.41) is 8.35. The van der Waals surface area contributed by atoms with Gasteiger partial charge in [-0.1, -0.05) is 31.2 Å². The summed E-state index contributed by atoms with van der Waals surface area (Å²) in [5.41, 5.74) is 3.54. The van der Waals surface area contributed by atoms with Gasteiger partial charge in [-0.05, 0) is 76.9 Å². The molecule has 3 aromatic carbocycles. The number of aromatic amines is 1. The van der Waals surface area contributed by atoms with Crippen LogP contribution >= 0.6 is 0 Å². The number of aryl methyl sites for hydroxylation is 1. The molecule has 1 saturated carbocycles. The lowest BCUT2D eigenvalue weighted by Gasteiger charge is -2.14. The third-order valence-corrected chi connectivity index (χ3v) is 5.96. The van der Waals surface area contributed by atoms with Gasteiger partial charge < -0.3 is 9.47 Å². The predicted octanol–water partition coefficient (Wildman–Crippen LogP) is 6.39. The Labute approximate surface area is 185 Å². The van der Waals surface area contributed by atoms with E-state index in [1.54, 1.807) is 18.2 Å². The Bertz CT molecular complexity index is 1320. The van der Waals surface area contributed by atoms with Gasteiger partial charge in [0.1, 0.15) is 17.1 Å². The van der Waals surface area contributed by atoms with Crippen molar-refractivity contribution in [2.24, 2.45) is 0 Å². The number of halogens is 1. The molecular formula is C26H23FN2O3. The van der Waals surface area contributed by atoms with E-state index in [0.717, 1.165) is 11.8 Å². The summed E-state index contributed by atoms with van der Waals surface area (Å²) in [6, 6.07) is 15.6. The van der Waals surface area contributed by atoms with Gasteiger partial charge in [-0.2, -0.15) is 9.49 Å². The average Bonchev–Trinajstić information content (AvgIpc) is 3.58. The minimum atomic E-state index is -0.565. The number of methoxy groups -OCH3 is 1. The van der Waals surface area contributed by atoms with Gasteiger partial charge in [0.05, 0.1) is 18.9 Å². The molecule has 1 aliphatic carbocycles. The van der Waals surface area contributed by atoms with Crippen molar-refractivity contribution in [3.8, 4) is 22.6 Å². The molecule has 0 amide bonds. The van der Waals surface area contributed by atoms with Crippen LogP contribution in [0.15, 0.2) is 54.7 Å². The lowest BCUT2D eigenvalue weighted by Crippen LogP contribution is -2.04. The van der Waals surface area contributed by atoms with E-state index in [9.17, 15) is 9.18 Å². The standard InChI is InChI=1S/C26H23FN2O3/c1-3-15-4-8-20-18(10-15)11-19(13-21(20)16-5-6-16)32-24-9-7-17(12-22(24)26(30)31-2)23-14-28-29-25(23)27/h4,7-14,16H,3,5-6H2,1-2H3,(H,28,29). The lowest BCUT2D eigenvalue weighted by molar-refractivity contribution is 0.0598. The first-order valence-corrected chi connectivity index (χ1v) is 10.7. The summed E-state index contributed by atoms with van der Waals surface area (Å²) in [5.74, 6) is 0.449. The molecule has 0 unspecified atom stereocenters. The molecule has 162 valence electrons. The highest BCUT2D eigenvalue weighted by Gasteiger charge is 2.26. The highest BCUT2D eigenvalue weighted by Crippen LogP contribution is 2.45. The molecule has 0 radical (unpaired) electrons. The fraction of sp³-hybridized carbons (Fsp3) is 0.231. The third-order valence-electron chi connectivity index (χ3n) is 5.96. The number of H-pyrrole nitrogens is 1. The van der Waals surface area contributed by atoms with Crippen molar-refractivity contribution in [1.82, 2.24) is 10.2 Å². The maximum absolute atomic E-state index is 14.0. The number of ether oxygens (including phenoxy) is 2. The van der Waals surface area contributed by atoms with E-state index >= 15 is 0 Å². The summed E-state index contributed by atoms with van der Waals surface area (Å²) in [4.78, 5) is 12.5. The first kappa shape index (κ1) is 20.2. The monoisotopic (exact) mass is 430 g/mol. The van der Waals surface area contributed by atoms with Gasteiger partial charge in [-0.3, -0.25) is 5.10 Å². The number of aromatic nitrogens is 2. The predicted molar refractivity (Wildman–Crippen MR) is 121 cm³/mol. The zero-order valence-corrected chi connectivity index (χ0v) is 17.9. The number of carbonyl (C=O) groups is 1. The Morgan fingerprint density at radius 3 is 2.69 bits per heavy atom. The first-order valence-electron chi connectivity index (χ1n) is 10.7. The van der Waals surface area contributed by atoms with Crippen LogP contribution in [0.25, 0.3) is 21.9 Å². The van der Waals surface area contributed by atoms with Crippen molar-refractivity contribution in [2.75, 3.05) is 7.11 Å². The van der Waals surface area contributed by atoms with Crippen molar-refractivity contribution in [1.29, 1.82) is 0 Å². The third kappa shape index (κ3) is 3.73. The van der Waals surface area contributed by atoms with Crippen LogP contribution in [0, 0.1) is 5.95 Å². The minimum absolute atomic E-state index is 0.223. The van der Waals surface area contributed by atoms with Crippen molar-refractivity contribution in [3.63, 3.8) is 0 Å². The molecule has 6 heteroatoms. The molecule has 0 bridgehead atoms. The first-order chi connectivity index (χ1) is 15.6. The van der Waals surface area contributed by atoms with Gasteiger partial charge in [0.25, 0.3) is 0 Å². The van der Waals surface area contributed by atoms with Crippen LogP contribution in [0.4, 0.5) is 4.39 Å². The number of hydrogen-bond acceptors (Lipinski definition) is 4. The zero-order chi connectivity index (χ0) is 22.2. The fourth-order valence-electron chi connectivity index (χ4n) is 4.09. The van der Waals surface area contributed by atoms with Crippen LogP contribution < -0.4 is 4.74 Å². The normalized spacial score (nSPS) is 13.3. The van der Waals surface area contributed by atoms with Gasteiger partial charge in [0.15, 0.2) is 0 Å². The van der Waals surface area contributed by atoms with Crippen LogP contribution in [0.2, 0.25) is 0 Å². The Kier molecular flexibility index (Phi) is 5.13. The van der Waals surface area contributed by atoms with Crippen LogP contribution in [-0.2, 0) is 11.2 Å². The van der Waals surface area contributed by atoms with Crippen LogP contribution in [-0.4, -0.2) is 23.3 Å². The van der Waals surface area contributed by atoms with Crippen molar-refractivity contribution < 1.29 is 18.7 Å². The Morgan fingerprint density at radius 1 is 1.16 bits per heavy atom. The Balaban J connectivity index is 1.58. The van der Waals surface area contributed by atoms with Gasteiger partial charge in [-0.25, -0.2) is 4.79 Å². The maximum Gasteiger partial charge on any atom is 0.341 e. The van der Waals surface area contributed by atoms with Gasteiger partial charge in [0, 0.05) is 0 Å². The zero-order valence-electron chi connectivity index (χ0n) is 17.9. The molecule has 1 N–H and O–H groups in total. The van der Waals surface area contributed by atoms with E-state index < -0.39 is 11.9 Å². The second kappa shape index (κ2) is 8.11. The quantitative estimate of drug-likeness (QED) is 0.360. The van der Waals surface area contributed by atoms with E-state index in [0.29, 0.717) is 23.0 Å². The number of hydrogen-bond donors (Lipinski definition) is 1. The number of nitrogens with zero attached hydrogens (tertiary/aromatic N) is 1. The number of fused-ring (bicyclic) bond motifs is 1. The van der Waals surface area contributed by atoms with Crippen LogP contribution in [0.3, 0.4) is 0 Å². The van der Waals surface area contributed by atoms with Crippen molar-refractivity contribution in [3.05, 3.63) is 77.4 Å². The smallest absolute Gasteiger partial charge is 0.341 e. The molecule has 1 aromatic heterocycles. The molecule has 5 rings (SSSR count). The number of rotatable bonds is 6.